The van der Waals surface area contributed by atoms with Gasteiger partial charge in [-0.3, -0.25) is 4.90 Å². The van der Waals surface area contributed by atoms with Crippen LogP contribution in [0.1, 0.15) is 82.4 Å². The highest BCUT2D eigenvalue weighted by Crippen LogP contribution is 2.45. The molecule has 0 aromatic heterocycles. The van der Waals surface area contributed by atoms with Gasteiger partial charge in [0, 0.05) is 23.5 Å². The number of cyclic esters (lactones) is 1. The zero-order valence-electron chi connectivity index (χ0n) is 33.5. The lowest BCUT2D eigenvalue weighted by Gasteiger charge is -2.25. The van der Waals surface area contributed by atoms with E-state index >= 15 is 4.39 Å². The minimum atomic E-state index is -5.46. The maximum absolute atomic E-state index is 15.8. The van der Waals surface area contributed by atoms with Crippen LogP contribution in [0.2, 0.25) is 0 Å². The van der Waals surface area contributed by atoms with E-state index in [1.807, 2.05) is 0 Å². The largest absolute Gasteiger partial charge is 0.496 e. The number of carbonyl (C=O) groups excluding carboxylic acids is 1. The van der Waals surface area contributed by atoms with E-state index in [0.29, 0.717) is 24.3 Å². The molecule has 0 radical (unpaired) electrons. The first-order valence-electron chi connectivity index (χ1n) is 18.0. The predicted octanol–water partition coefficient (Wildman–Crippen LogP) is 9.76. The molecule has 4 rings (SSSR count). The first-order chi connectivity index (χ1) is 25.0. The minimum absolute atomic E-state index is 0.0619. The number of methoxy groups -OCH3 is 1. The van der Waals surface area contributed by atoms with E-state index in [9.17, 15) is 44.3 Å². The Kier molecular flexibility index (Phi) is 5.27. The molecule has 1 amide bonds. The van der Waals surface area contributed by atoms with E-state index in [4.69, 9.17) is 25.9 Å². The van der Waals surface area contributed by atoms with Gasteiger partial charge in [-0.25, -0.2) is 9.18 Å². The Bertz CT molecular complexity index is 1930. The maximum atomic E-state index is 15.8. The number of amides is 1. The van der Waals surface area contributed by atoms with E-state index in [0.717, 1.165) is 0 Å². The molecule has 1 aliphatic rings. The molecule has 44 heavy (non-hydrogen) atoms. The molecule has 14 heteroatoms. The van der Waals surface area contributed by atoms with Gasteiger partial charge in [0.05, 0.1) is 40.4 Å². The molecule has 4 nitrogen and oxygen atoms in total. The average molecular weight is 650 g/mol. The normalized spacial score (nSPS) is 23.0. The second-order valence-corrected chi connectivity index (χ2v) is 9.46. The van der Waals surface area contributed by atoms with E-state index in [-0.39, 0.29) is 29.2 Å². The molecule has 0 saturated carbocycles. The third-order valence-corrected chi connectivity index (χ3v) is 6.62. The van der Waals surface area contributed by atoms with Crippen molar-refractivity contribution in [3.63, 3.8) is 0 Å². The van der Waals surface area contributed by atoms with Crippen molar-refractivity contribution in [2.24, 2.45) is 0 Å². The Hall–Kier alpha value is -3.97. The van der Waals surface area contributed by atoms with Crippen molar-refractivity contribution in [3.8, 4) is 16.9 Å². The first kappa shape index (κ1) is 20.1. The van der Waals surface area contributed by atoms with Crippen molar-refractivity contribution in [1.82, 2.24) is 4.90 Å². The Morgan fingerprint density at radius 1 is 0.886 bits per heavy atom. The molecule has 3 aromatic rings. The molecule has 0 aliphatic carbocycles. The van der Waals surface area contributed by atoms with Crippen LogP contribution in [0.3, 0.4) is 0 Å². The maximum Gasteiger partial charge on any atom is 0.416 e. The monoisotopic (exact) mass is 649 g/mol. The van der Waals surface area contributed by atoms with Crippen LogP contribution in [0, 0.1) is 5.82 Å². The van der Waals surface area contributed by atoms with Gasteiger partial charge in [-0.05, 0) is 71.9 Å². The summed E-state index contributed by atoms with van der Waals surface area (Å²) in [5, 5.41) is 0. The third kappa shape index (κ3) is 6.43. The smallest absolute Gasteiger partial charge is 0.416 e. The third-order valence-electron chi connectivity index (χ3n) is 6.62. The van der Waals surface area contributed by atoms with Crippen LogP contribution in [0.5, 0.6) is 5.75 Å². The quantitative estimate of drug-likeness (QED) is 0.250. The van der Waals surface area contributed by atoms with Crippen molar-refractivity contribution in [2.75, 3.05) is 7.04 Å². The summed E-state index contributed by atoms with van der Waals surface area (Å²) in [6, 6.07) is -0.807. The number of halogens is 10. The Morgan fingerprint density at radius 2 is 1.52 bits per heavy atom. The number of nitrogens with zero attached hydrogens (tertiary/aromatic N) is 1. The first-order valence-corrected chi connectivity index (χ1v) is 12.0. The summed E-state index contributed by atoms with van der Waals surface area (Å²) < 4.78 is 245. The average Bonchev–Trinajstić information content (AvgIpc) is 3.31. The van der Waals surface area contributed by atoms with Crippen molar-refractivity contribution in [1.29, 1.82) is 0 Å². The molecule has 1 fully saturated rings. The van der Waals surface area contributed by atoms with Gasteiger partial charge in [-0.1, -0.05) is 19.8 Å². The van der Waals surface area contributed by atoms with Crippen LogP contribution in [0.4, 0.5) is 48.7 Å². The Balaban J connectivity index is 2.07. The number of hydrogen-bond donors (Lipinski definition) is 0. The van der Waals surface area contributed by atoms with Crippen molar-refractivity contribution in [2.45, 2.75) is 63.7 Å². The van der Waals surface area contributed by atoms with Gasteiger partial charge in [-0.15, -0.1) is 0 Å². The SMILES string of the molecule is [2H]C([2H])([2H])Oc1ccc(F)c(C(C([2H])([2H])[2H])C([2H])([2H])[2H])c1-c1ccc(C(F)(F)F)cc1CN1C(=O)O[C@H](c2cc(C(F)(F)F)cc(C(F)(F)F)c2)[C@@H]1C([2H])([2H])[2H]. The fourth-order valence-electron chi connectivity index (χ4n) is 4.62. The molecular weight excluding hydrogens is 612 g/mol. The molecule has 1 aliphatic heterocycles. The number of rotatable bonds is 6. The number of ether oxygens (including phenoxy) is 2. The van der Waals surface area contributed by atoms with Crippen LogP contribution >= 0.6 is 0 Å². The Morgan fingerprint density at radius 3 is 2.07 bits per heavy atom. The fourth-order valence-corrected chi connectivity index (χ4v) is 4.62. The van der Waals surface area contributed by atoms with Gasteiger partial charge in [0.1, 0.15) is 17.7 Å². The zero-order valence-corrected chi connectivity index (χ0v) is 21.5. The van der Waals surface area contributed by atoms with Crippen molar-refractivity contribution < 1.29 is 74.6 Å². The molecule has 0 N–H and O–H groups in total. The lowest BCUT2D eigenvalue weighted by molar-refractivity contribution is -0.143. The van der Waals surface area contributed by atoms with Gasteiger partial charge >= 0.3 is 24.6 Å². The second kappa shape index (κ2) is 11.5. The van der Waals surface area contributed by atoms with Crippen LogP contribution in [-0.2, 0) is 29.8 Å². The molecule has 1 heterocycles. The predicted molar refractivity (Wildman–Crippen MR) is 138 cm³/mol. The van der Waals surface area contributed by atoms with Crippen LogP contribution in [0.15, 0.2) is 48.5 Å². The summed E-state index contributed by atoms with van der Waals surface area (Å²) in [5.74, 6) is -5.52. The number of alkyl halides is 9. The summed E-state index contributed by atoms with van der Waals surface area (Å²) in [4.78, 5) is 13.4. The van der Waals surface area contributed by atoms with Crippen LogP contribution in [0.25, 0.3) is 11.1 Å². The second-order valence-electron chi connectivity index (χ2n) is 9.46. The van der Waals surface area contributed by atoms with E-state index < -0.39 is 133 Å². The topological polar surface area (TPSA) is 38.8 Å². The number of hydrogen-bond acceptors (Lipinski definition) is 3. The molecule has 1 saturated heterocycles. The van der Waals surface area contributed by atoms with Gasteiger partial charge in [-0.2, -0.15) is 39.5 Å². The number of carbonyl (C=O) groups is 1. The Labute approximate surface area is 262 Å². The summed E-state index contributed by atoms with van der Waals surface area (Å²) in [7, 11) is -3.48. The minimum Gasteiger partial charge on any atom is -0.496 e. The van der Waals surface area contributed by atoms with Crippen molar-refractivity contribution >= 4 is 6.09 Å². The lowest BCUT2D eigenvalue weighted by Crippen LogP contribution is -2.32. The zero-order chi connectivity index (χ0) is 42.9. The van der Waals surface area contributed by atoms with Crippen LogP contribution < -0.4 is 4.74 Å². The van der Waals surface area contributed by atoms with Gasteiger partial charge in [0.2, 0.25) is 0 Å². The fraction of sp³-hybridized carbons (Fsp3) is 0.367. The van der Waals surface area contributed by atoms with E-state index in [2.05, 4.69) is 0 Å². The molecule has 3 aromatic carbocycles. The number of benzene rings is 3. The molecule has 2 atom stereocenters. The van der Waals surface area contributed by atoms with Gasteiger partial charge in [0.15, 0.2) is 0 Å². The lowest BCUT2D eigenvalue weighted by atomic mass is 9.88. The summed E-state index contributed by atoms with van der Waals surface area (Å²) in [5.41, 5.74) is -10.8. The molecule has 0 spiro atoms. The van der Waals surface area contributed by atoms with Crippen molar-refractivity contribution in [3.05, 3.63) is 87.7 Å². The highest BCUT2D eigenvalue weighted by molar-refractivity contribution is 5.79. The molecule has 238 valence electrons. The molecule has 0 bridgehead atoms. The van der Waals surface area contributed by atoms with E-state index in [1.54, 1.807) is 0 Å². The molecular formula is C30H25F10NO3. The standard InChI is InChI=1S/C30H25F10NO3/c1-14(2)24-22(31)7-8-23(43-4)25(24)21-6-5-18(28(32,33)34)11-17(21)13-41-15(3)26(44-27(41)42)16-9-19(29(35,36)37)12-20(10-16)30(38,39)40/h5-12,14-15,26H,13H2,1-4H3/t15-,26-/m0/s1/i1D3,2D3,3D3,4D3. The van der Waals surface area contributed by atoms with Gasteiger partial charge in [0.25, 0.3) is 0 Å². The molecule has 0 unspecified atom stereocenters. The highest BCUT2D eigenvalue weighted by atomic mass is 19.4. The summed E-state index contributed by atoms with van der Waals surface area (Å²) >= 11 is 0. The van der Waals surface area contributed by atoms with Gasteiger partial charge < -0.3 is 9.47 Å². The summed E-state index contributed by atoms with van der Waals surface area (Å²) in [6.45, 7) is -12.3. The van der Waals surface area contributed by atoms with Crippen LogP contribution in [-0.4, -0.2) is 24.1 Å². The summed E-state index contributed by atoms with van der Waals surface area (Å²) in [6.07, 6.45) is -20.5. The van der Waals surface area contributed by atoms with E-state index in [1.165, 1.54) is 0 Å². The highest BCUT2D eigenvalue weighted by Gasteiger charge is 2.44.